The Hall–Kier alpha value is -2.12. The van der Waals surface area contributed by atoms with Crippen LogP contribution in [-0.4, -0.2) is 16.1 Å². The van der Waals surface area contributed by atoms with E-state index in [1.165, 1.54) is 11.3 Å². The predicted molar refractivity (Wildman–Crippen MR) is 66.7 cm³/mol. The molecule has 0 aliphatic rings. The normalized spacial score (nSPS) is 9.41. The van der Waals surface area contributed by atoms with Gasteiger partial charge in [0.15, 0.2) is 0 Å². The van der Waals surface area contributed by atoms with Gasteiger partial charge < -0.3 is 5.11 Å². The van der Waals surface area contributed by atoms with Crippen LogP contribution in [0.1, 0.15) is 5.01 Å². The van der Waals surface area contributed by atoms with E-state index in [1.54, 1.807) is 0 Å². The van der Waals surface area contributed by atoms with E-state index in [0.717, 1.165) is 16.3 Å². The highest BCUT2D eigenvalue weighted by molar-refractivity contribution is 7.10. The first-order chi connectivity index (χ1) is 8.25. The first-order valence-electron chi connectivity index (χ1n) is 4.97. The summed E-state index contributed by atoms with van der Waals surface area (Å²) in [6.45, 7) is 0. The van der Waals surface area contributed by atoms with Crippen LogP contribution in [0.4, 0.5) is 0 Å². The second-order valence-corrected chi connectivity index (χ2v) is 4.22. The molecule has 0 saturated carbocycles. The summed E-state index contributed by atoms with van der Waals surface area (Å²) in [4.78, 5) is 14.6. The number of nitrogens with zero attached hydrogens (tertiary/aromatic N) is 1. The van der Waals surface area contributed by atoms with Crippen LogP contribution >= 0.6 is 11.3 Å². The lowest BCUT2D eigenvalue weighted by atomic mass is 10.2. The van der Waals surface area contributed by atoms with Crippen molar-refractivity contribution in [2.75, 3.05) is 0 Å². The number of carboxylic acids is 1. The van der Waals surface area contributed by atoms with E-state index in [9.17, 15) is 4.79 Å². The highest BCUT2D eigenvalue weighted by Gasteiger charge is 2.02. The first kappa shape index (κ1) is 11.4. The van der Waals surface area contributed by atoms with Crippen molar-refractivity contribution in [1.29, 1.82) is 0 Å². The Morgan fingerprint density at radius 3 is 2.82 bits per heavy atom. The molecular weight excluding hydrogens is 234 g/mol. The highest BCUT2D eigenvalue weighted by Crippen LogP contribution is 2.21. The smallest absolute Gasteiger partial charge is 0.381 e. The minimum atomic E-state index is -1.11. The third-order valence-corrected chi connectivity index (χ3v) is 2.91. The molecule has 2 rings (SSSR count). The predicted octanol–water partition coefficient (Wildman–Crippen LogP) is 2.44. The molecule has 0 saturated heterocycles. The second kappa shape index (κ2) is 5.28. The van der Waals surface area contributed by atoms with Crippen molar-refractivity contribution in [2.24, 2.45) is 0 Å². The Morgan fingerprint density at radius 2 is 2.12 bits per heavy atom. The number of aromatic nitrogens is 1. The van der Waals surface area contributed by atoms with Crippen LogP contribution in [-0.2, 0) is 11.2 Å². The van der Waals surface area contributed by atoms with Gasteiger partial charge in [-0.05, 0) is 0 Å². The maximum Gasteiger partial charge on any atom is 0.381 e. The van der Waals surface area contributed by atoms with E-state index >= 15 is 0 Å². The standard InChI is InChI=1S/C13H9NO2S/c15-13(16)8-4-7-12-14-11(9-17-12)10-5-2-1-3-6-10/h1-3,5-6,9H,7H2,(H,15,16). The molecule has 1 heterocycles. The topological polar surface area (TPSA) is 50.2 Å². The van der Waals surface area contributed by atoms with Crippen LogP contribution in [0.15, 0.2) is 35.7 Å². The van der Waals surface area contributed by atoms with Gasteiger partial charge in [-0.3, -0.25) is 0 Å². The van der Waals surface area contributed by atoms with E-state index in [1.807, 2.05) is 35.7 Å². The summed E-state index contributed by atoms with van der Waals surface area (Å²) in [7, 11) is 0. The van der Waals surface area contributed by atoms with Gasteiger partial charge in [-0.25, -0.2) is 9.78 Å². The fourth-order valence-corrected chi connectivity index (χ4v) is 2.07. The molecule has 0 amide bonds. The molecule has 1 aromatic heterocycles. The first-order valence-corrected chi connectivity index (χ1v) is 5.85. The van der Waals surface area contributed by atoms with Crippen LogP contribution in [0.3, 0.4) is 0 Å². The number of hydrogen-bond acceptors (Lipinski definition) is 3. The van der Waals surface area contributed by atoms with Crippen molar-refractivity contribution in [2.45, 2.75) is 6.42 Å². The van der Waals surface area contributed by atoms with Gasteiger partial charge in [0.25, 0.3) is 0 Å². The van der Waals surface area contributed by atoms with Gasteiger partial charge in [0.1, 0.15) is 5.01 Å². The van der Waals surface area contributed by atoms with Crippen LogP contribution in [0, 0.1) is 11.8 Å². The average Bonchev–Trinajstić information content (AvgIpc) is 2.78. The number of benzene rings is 1. The third kappa shape index (κ3) is 3.16. The van der Waals surface area contributed by atoms with Gasteiger partial charge in [0.2, 0.25) is 0 Å². The van der Waals surface area contributed by atoms with E-state index in [4.69, 9.17) is 5.11 Å². The Morgan fingerprint density at radius 1 is 1.35 bits per heavy atom. The lowest BCUT2D eigenvalue weighted by Gasteiger charge is -1.93. The minimum Gasteiger partial charge on any atom is -0.472 e. The SMILES string of the molecule is O=C(O)C#CCc1nc(-c2ccccc2)cs1. The third-order valence-electron chi connectivity index (χ3n) is 2.06. The molecule has 0 bridgehead atoms. The van der Waals surface area contributed by atoms with E-state index in [-0.39, 0.29) is 0 Å². The summed E-state index contributed by atoms with van der Waals surface area (Å²) >= 11 is 1.49. The second-order valence-electron chi connectivity index (χ2n) is 3.28. The van der Waals surface area contributed by atoms with Crippen molar-refractivity contribution >= 4 is 17.3 Å². The summed E-state index contributed by atoms with van der Waals surface area (Å²) in [6.07, 6.45) is 0.379. The fraction of sp³-hybridized carbons (Fsp3) is 0.0769. The molecule has 0 spiro atoms. The van der Waals surface area contributed by atoms with Crippen LogP contribution < -0.4 is 0 Å². The van der Waals surface area contributed by atoms with Crippen molar-refractivity contribution in [3.63, 3.8) is 0 Å². The average molecular weight is 243 g/mol. The van der Waals surface area contributed by atoms with Crippen molar-refractivity contribution in [3.05, 3.63) is 40.7 Å². The van der Waals surface area contributed by atoms with Gasteiger partial charge in [0.05, 0.1) is 12.1 Å². The van der Waals surface area contributed by atoms with Gasteiger partial charge in [0, 0.05) is 16.9 Å². The van der Waals surface area contributed by atoms with Gasteiger partial charge >= 0.3 is 5.97 Å². The Labute approximate surface area is 103 Å². The number of carboxylic acid groups (broad SMARTS) is 1. The molecule has 0 radical (unpaired) electrons. The number of thiazole rings is 1. The summed E-state index contributed by atoms with van der Waals surface area (Å²) < 4.78 is 0. The van der Waals surface area contributed by atoms with Crippen molar-refractivity contribution in [3.8, 4) is 23.1 Å². The fourth-order valence-electron chi connectivity index (χ4n) is 1.33. The highest BCUT2D eigenvalue weighted by atomic mass is 32.1. The molecule has 2 aromatic rings. The van der Waals surface area contributed by atoms with Gasteiger partial charge in [-0.2, -0.15) is 0 Å². The van der Waals surface area contributed by atoms with Crippen LogP contribution in [0.2, 0.25) is 0 Å². The number of rotatable bonds is 2. The molecule has 0 unspecified atom stereocenters. The Kier molecular flexibility index (Phi) is 3.53. The molecule has 1 N–H and O–H groups in total. The Bertz CT molecular complexity index is 578. The molecule has 84 valence electrons. The lowest BCUT2D eigenvalue weighted by Crippen LogP contribution is -1.88. The number of hydrogen-bond donors (Lipinski definition) is 1. The molecule has 0 atom stereocenters. The molecule has 0 aliphatic heterocycles. The number of aliphatic carboxylic acids is 1. The molecule has 4 heteroatoms. The number of carbonyl (C=O) groups is 1. The van der Waals surface area contributed by atoms with E-state index < -0.39 is 5.97 Å². The maximum atomic E-state index is 10.2. The molecule has 0 fully saturated rings. The summed E-state index contributed by atoms with van der Waals surface area (Å²) in [5.41, 5.74) is 1.96. The zero-order valence-electron chi connectivity index (χ0n) is 8.88. The maximum absolute atomic E-state index is 10.2. The van der Waals surface area contributed by atoms with Crippen LogP contribution in [0.25, 0.3) is 11.3 Å². The van der Waals surface area contributed by atoms with Crippen molar-refractivity contribution < 1.29 is 9.90 Å². The monoisotopic (exact) mass is 243 g/mol. The van der Waals surface area contributed by atoms with Crippen molar-refractivity contribution in [1.82, 2.24) is 4.98 Å². The lowest BCUT2D eigenvalue weighted by molar-refractivity contribution is -0.130. The summed E-state index contributed by atoms with van der Waals surface area (Å²) in [5.74, 6) is 3.53. The largest absolute Gasteiger partial charge is 0.472 e. The summed E-state index contributed by atoms with van der Waals surface area (Å²) in [5, 5.41) is 11.2. The van der Waals surface area contributed by atoms with E-state index in [0.29, 0.717) is 6.42 Å². The molecule has 17 heavy (non-hydrogen) atoms. The van der Waals surface area contributed by atoms with Crippen LogP contribution in [0.5, 0.6) is 0 Å². The van der Waals surface area contributed by atoms with E-state index in [2.05, 4.69) is 16.8 Å². The Balaban J connectivity index is 2.12. The molecule has 3 nitrogen and oxygen atoms in total. The molecule has 1 aromatic carbocycles. The molecule has 0 aliphatic carbocycles. The minimum absolute atomic E-state index is 0.379. The van der Waals surface area contributed by atoms with Gasteiger partial charge in [-0.15, -0.1) is 11.3 Å². The molecular formula is C13H9NO2S. The summed E-state index contributed by atoms with van der Waals surface area (Å²) in [6, 6.07) is 9.84. The van der Waals surface area contributed by atoms with Gasteiger partial charge in [-0.1, -0.05) is 36.3 Å². The zero-order chi connectivity index (χ0) is 12.1. The quantitative estimate of drug-likeness (QED) is 0.824. The zero-order valence-corrected chi connectivity index (χ0v) is 9.70.